The molecular weight excluding hydrogens is 350 g/mol. The van der Waals surface area contributed by atoms with Crippen molar-refractivity contribution in [2.24, 2.45) is 0 Å². The van der Waals surface area contributed by atoms with Crippen LogP contribution in [0.1, 0.15) is 10.5 Å². The maximum atomic E-state index is 12.1. The van der Waals surface area contributed by atoms with Gasteiger partial charge in [0.25, 0.3) is 5.91 Å². The number of aromatic nitrogens is 4. The van der Waals surface area contributed by atoms with Crippen molar-refractivity contribution in [1.29, 1.82) is 0 Å². The predicted molar refractivity (Wildman–Crippen MR) is 87.6 cm³/mol. The molecule has 0 aliphatic heterocycles. The molecule has 2 heterocycles. The van der Waals surface area contributed by atoms with Gasteiger partial charge < -0.3 is 0 Å². The predicted octanol–water partition coefficient (Wildman–Crippen LogP) is 3.23. The molecule has 10 heteroatoms. The van der Waals surface area contributed by atoms with E-state index in [0.29, 0.717) is 10.3 Å². The highest BCUT2D eigenvalue weighted by Gasteiger charge is 2.16. The number of carbonyl (C=O) groups is 1. The zero-order valence-electron chi connectivity index (χ0n) is 10.9. The van der Waals surface area contributed by atoms with Crippen LogP contribution in [0.2, 0.25) is 5.02 Å². The minimum atomic E-state index is -0.436. The van der Waals surface area contributed by atoms with Crippen LogP contribution >= 0.6 is 46.5 Å². The standard InChI is InChI=1S/C11H10ClN5OS3/c1-3-4-20-11-17-16-10(21-11)15-8(18)7-6(12)5-13-9(14-7)19-2/h3,5H,1,4H2,2H3,(H,15,16,18). The number of halogens is 1. The summed E-state index contributed by atoms with van der Waals surface area (Å²) in [7, 11) is 0. The molecule has 0 aliphatic rings. The molecule has 0 aromatic carbocycles. The van der Waals surface area contributed by atoms with Gasteiger partial charge in [-0.3, -0.25) is 10.1 Å². The average molecular weight is 360 g/mol. The van der Waals surface area contributed by atoms with E-state index in [1.165, 1.54) is 41.1 Å². The molecule has 21 heavy (non-hydrogen) atoms. The first-order chi connectivity index (χ1) is 10.1. The summed E-state index contributed by atoms with van der Waals surface area (Å²) in [4.78, 5) is 20.2. The normalized spacial score (nSPS) is 10.4. The molecule has 0 radical (unpaired) electrons. The molecule has 2 aromatic rings. The zero-order valence-corrected chi connectivity index (χ0v) is 14.1. The van der Waals surface area contributed by atoms with Gasteiger partial charge in [0.15, 0.2) is 15.2 Å². The third-order valence-corrected chi connectivity index (χ3v) is 4.88. The lowest BCUT2D eigenvalue weighted by molar-refractivity contribution is 0.102. The van der Waals surface area contributed by atoms with E-state index in [-0.39, 0.29) is 10.7 Å². The number of thioether (sulfide) groups is 2. The van der Waals surface area contributed by atoms with Gasteiger partial charge in [0, 0.05) is 5.75 Å². The Morgan fingerprint density at radius 1 is 1.57 bits per heavy atom. The molecule has 0 atom stereocenters. The molecule has 1 N–H and O–H groups in total. The first-order valence-electron chi connectivity index (χ1n) is 5.59. The van der Waals surface area contributed by atoms with Gasteiger partial charge >= 0.3 is 0 Å². The molecule has 1 amide bonds. The molecule has 0 fully saturated rings. The van der Waals surface area contributed by atoms with E-state index in [0.717, 1.165) is 10.1 Å². The van der Waals surface area contributed by atoms with Gasteiger partial charge in [0.05, 0.1) is 11.2 Å². The number of nitrogens with one attached hydrogen (secondary N) is 1. The summed E-state index contributed by atoms with van der Waals surface area (Å²) in [6.45, 7) is 3.63. The lowest BCUT2D eigenvalue weighted by Gasteiger charge is -2.03. The Hall–Kier alpha value is -1.16. The summed E-state index contributed by atoms with van der Waals surface area (Å²) >= 11 is 10.0. The molecular formula is C11H10ClN5OS3. The van der Waals surface area contributed by atoms with Crippen molar-refractivity contribution < 1.29 is 4.79 Å². The second-order valence-corrected chi connectivity index (χ2v) is 6.91. The Morgan fingerprint density at radius 2 is 2.38 bits per heavy atom. The number of anilines is 1. The maximum Gasteiger partial charge on any atom is 0.277 e. The average Bonchev–Trinajstić information content (AvgIpc) is 2.93. The topological polar surface area (TPSA) is 80.7 Å². The fourth-order valence-electron chi connectivity index (χ4n) is 1.21. The second kappa shape index (κ2) is 7.74. The summed E-state index contributed by atoms with van der Waals surface area (Å²) in [5.74, 6) is 0.298. The summed E-state index contributed by atoms with van der Waals surface area (Å²) in [5, 5.41) is 11.5. The number of carbonyl (C=O) groups excluding carboxylic acids is 1. The van der Waals surface area contributed by atoms with E-state index in [2.05, 4.69) is 32.1 Å². The van der Waals surface area contributed by atoms with E-state index in [1.54, 1.807) is 6.08 Å². The Kier molecular flexibility index (Phi) is 5.97. The van der Waals surface area contributed by atoms with Gasteiger partial charge in [-0.05, 0) is 6.26 Å². The Labute approximate surface area is 138 Å². The first-order valence-corrected chi connectivity index (χ1v) is 8.99. The molecule has 0 saturated carbocycles. The molecule has 0 saturated heterocycles. The van der Waals surface area contributed by atoms with Crippen LogP contribution in [0.15, 0.2) is 28.3 Å². The van der Waals surface area contributed by atoms with Crippen LogP contribution in [-0.4, -0.2) is 38.1 Å². The van der Waals surface area contributed by atoms with Crippen molar-refractivity contribution in [2.75, 3.05) is 17.3 Å². The number of hydrogen-bond donors (Lipinski definition) is 1. The lowest BCUT2D eigenvalue weighted by atomic mass is 10.4. The van der Waals surface area contributed by atoms with E-state index >= 15 is 0 Å². The summed E-state index contributed by atoms with van der Waals surface area (Å²) in [6, 6.07) is 0. The molecule has 0 bridgehead atoms. The van der Waals surface area contributed by atoms with Crippen LogP contribution < -0.4 is 5.32 Å². The SMILES string of the molecule is C=CCSc1nnc(NC(=O)c2nc(SC)ncc2Cl)s1. The van der Waals surface area contributed by atoms with Crippen molar-refractivity contribution in [2.45, 2.75) is 9.50 Å². The largest absolute Gasteiger partial charge is 0.295 e. The maximum absolute atomic E-state index is 12.1. The van der Waals surface area contributed by atoms with Crippen molar-refractivity contribution >= 4 is 57.5 Å². The number of hydrogen-bond acceptors (Lipinski definition) is 8. The smallest absolute Gasteiger partial charge is 0.277 e. The zero-order chi connectivity index (χ0) is 15.2. The molecule has 2 aromatic heterocycles. The Morgan fingerprint density at radius 3 is 3.10 bits per heavy atom. The van der Waals surface area contributed by atoms with Crippen LogP contribution in [0, 0.1) is 0 Å². The van der Waals surface area contributed by atoms with E-state index in [4.69, 9.17) is 11.6 Å². The van der Waals surface area contributed by atoms with Crippen molar-refractivity contribution in [3.8, 4) is 0 Å². The summed E-state index contributed by atoms with van der Waals surface area (Å²) in [6.07, 6.45) is 4.99. The van der Waals surface area contributed by atoms with E-state index in [1.807, 2.05) is 6.26 Å². The van der Waals surface area contributed by atoms with Gasteiger partial charge in [-0.2, -0.15) is 0 Å². The highest BCUT2D eigenvalue weighted by Crippen LogP contribution is 2.26. The van der Waals surface area contributed by atoms with Crippen LogP contribution in [-0.2, 0) is 0 Å². The highest BCUT2D eigenvalue weighted by molar-refractivity contribution is 8.01. The number of nitrogens with zero attached hydrogens (tertiary/aromatic N) is 4. The molecule has 0 spiro atoms. The molecule has 110 valence electrons. The fourth-order valence-corrected chi connectivity index (χ4v) is 3.24. The van der Waals surface area contributed by atoms with Crippen LogP contribution in [0.5, 0.6) is 0 Å². The van der Waals surface area contributed by atoms with Crippen LogP contribution in [0.25, 0.3) is 0 Å². The van der Waals surface area contributed by atoms with Crippen LogP contribution in [0.3, 0.4) is 0 Å². The first kappa shape index (κ1) is 16.2. The third kappa shape index (κ3) is 4.40. The lowest BCUT2D eigenvalue weighted by Crippen LogP contribution is -2.15. The second-order valence-electron chi connectivity index (χ2n) is 3.48. The minimum Gasteiger partial charge on any atom is -0.295 e. The molecule has 0 aliphatic carbocycles. The summed E-state index contributed by atoms with van der Waals surface area (Å²) in [5.41, 5.74) is 0.117. The van der Waals surface area contributed by atoms with Gasteiger partial charge in [-0.1, -0.05) is 52.5 Å². The van der Waals surface area contributed by atoms with Gasteiger partial charge in [0.1, 0.15) is 0 Å². The summed E-state index contributed by atoms with van der Waals surface area (Å²) < 4.78 is 0.754. The molecule has 2 rings (SSSR count). The fraction of sp³-hybridized carbons (Fsp3) is 0.182. The van der Waals surface area contributed by atoms with Gasteiger partial charge in [0.2, 0.25) is 5.13 Å². The Bertz CT molecular complexity index is 663. The third-order valence-electron chi connectivity index (χ3n) is 2.07. The molecule has 0 unspecified atom stereocenters. The van der Waals surface area contributed by atoms with Crippen molar-refractivity contribution in [1.82, 2.24) is 20.2 Å². The van der Waals surface area contributed by atoms with Crippen LogP contribution in [0.4, 0.5) is 5.13 Å². The number of amides is 1. The quantitative estimate of drug-likeness (QED) is 0.367. The Balaban J connectivity index is 2.10. The monoisotopic (exact) mass is 359 g/mol. The van der Waals surface area contributed by atoms with Crippen molar-refractivity contribution in [3.05, 3.63) is 29.6 Å². The van der Waals surface area contributed by atoms with Gasteiger partial charge in [-0.25, -0.2) is 9.97 Å². The minimum absolute atomic E-state index is 0.117. The number of rotatable bonds is 6. The highest BCUT2D eigenvalue weighted by atomic mass is 35.5. The van der Waals surface area contributed by atoms with Crippen molar-refractivity contribution in [3.63, 3.8) is 0 Å². The van der Waals surface area contributed by atoms with E-state index < -0.39 is 5.91 Å². The molecule has 6 nitrogen and oxygen atoms in total. The van der Waals surface area contributed by atoms with E-state index in [9.17, 15) is 4.79 Å². The van der Waals surface area contributed by atoms with Gasteiger partial charge in [-0.15, -0.1) is 16.8 Å².